The van der Waals surface area contributed by atoms with E-state index in [-0.39, 0.29) is 11.9 Å². The number of benzene rings is 2. The molecule has 0 saturated heterocycles. The van der Waals surface area contributed by atoms with Crippen LogP contribution in [-0.4, -0.2) is 11.7 Å². The van der Waals surface area contributed by atoms with Gasteiger partial charge in [-0.2, -0.15) is 0 Å². The third-order valence-electron chi connectivity index (χ3n) is 3.30. The lowest BCUT2D eigenvalue weighted by Gasteiger charge is -2.14. The molecule has 0 bridgehead atoms. The van der Waals surface area contributed by atoms with Gasteiger partial charge in [-0.1, -0.05) is 60.2 Å². The summed E-state index contributed by atoms with van der Waals surface area (Å²) in [6.07, 6.45) is 0. The van der Waals surface area contributed by atoms with Crippen molar-refractivity contribution in [1.29, 1.82) is 0 Å². The van der Waals surface area contributed by atoms with E-state index in [1.807, 2.05) is 25.1 Å². The van der Waals surface area contributed by atoms with Crippen molar-refractivity contribution in [3.05, 3.63) is 71.3 Å². The number of carbonyl (C=O) groups is 1. The van der Waals surface area contributed by atoms with E-state index in [4.69, 9.17) is 0 Å². The van der Waals surface area contributed by atoms with Gasteiger partial charge in [-0.15, -0.1) is 11.8 Å². The zero-order valence-corrected chi connectivity index (χ0v) is 13.3. The molecule has 0 unspecified atom stereocenters. The predicted molar refractivity (Wildman–Crippen MR) is 90.3 cm³/mol. The largest absolute Gasteiger partial charge is 0.349 e. The minimum atomic E-state index is 0.0513. The van der Waals surface area contributed by atoms with Crippen LogP contribution >= 0.6 is 11.8 Å². The molecule has 2 rings (SSSR count). The standard InChI is InChI=1S/C18H21NOS/c1-14-8-10-17(11-9-14)15(2)19-18(20)13-21-12-16-6-4-3-5-7-16/h3-11,15H,12-13H2,1-2H3,(H,19,20)/t15-/m0/s1. The molecule has 0 heterocycles. The van der Waals surface area contributed by atoms with E-state index < -0.39 is 0 Å². The molecular weight excluding hydrogens is 278 g/mol. The smallest absolute Gasteiger partial charge is 0.230 e. The molecule has 0 saturated carbocycles. The molecule has 21 heavy (non-hydrogen) atoms. The Morgan fingerprint density at radius 2 is 1.76 bits per heavy atom. The summed E-state index contributed by atoms with van der Waals surface area (Å²) in [7, 11) is 0. The van der Waals surface area contributed by atoms with E-state index in [0.717, 1.165) is 11.3 Å². The van der Waals surface area contributed by atoms with Crippen LogP contribution in [0.25, 0.3) is 0 Å². The molecule has 2 aromatic carbocycles. The van der Waals surface area contributed by atoms with E-state index in [2.05, 4.69) is 48.6 Å². The molecule has 0 radical (unpaired) electrons. The summed E-state index contributed by atoms with van der Waals surface area (Å²) in [4.78, 5) is 12.0. The molecule has 2 nitrogen and oxygen atoms in total. The summed E-state index contributed by atoms with van der Waals surface area (Å²) >= 11 is 1.64. The van der Waals surface area contributed by atoms with Crippen LogP contribution in [0, 0.1) is 6.92 Å². The number of carbonyl (C=O) groups excluding carboxylic acids is 1. The van der Waals surface area contributed by atoms with Gasteiger partial charge in [-0.25, -0.2) is 0 Å². The average Bonchev–Trinajstić information content (AvgIpc) is 2.49. The first-order chi connectivity index (χ1) is 10.1. The second-order valence-electron chi connectivity index (χ2n) is 5.18. The van der Waals surface area contributed by atoms with E-state index >= 15 is 0 Å². The molecule has 0 aromatic heterocycles. The van der Waals surface area contributed by atoms with Gasteiger partial charge in [0.2, 0.25) is 5.91 Å². The van der Waals surface area contributed by atoms with Crippen LogP contribution in [-0.2, 0) is 10.5 Å². The van der Waals surface area contributed by atoms with Crippen LogP contribution < -0.4 is 5.32 Å². The molecule has 3 heteroatoms. The van der Waals surface area contributed by atoms with Gasteiger partial charge in [-0.3, -0.25) is 4.79 Å². The maximum absolute atomic E-state index is 12.0. The average molecular weight is 299 g/mol. The van der Waals surface area contributed by atoms with Gasteiger partial charge in [0.25, 0.3) is 0 Å². The van der Waals surface area contributed by atoms with Crippen molar-refractivity contribution >= 4 is 17.7 Å². The molecule has 0 aliphatic carbocycles. The fourth-order valence-electron chi connectivity index (χ4n) is 2.06. The third-order valence-corrected chi connectivity index (χ3v) is 4.30. The quantitative estimate of drug-likeness (QED) is 0.870. The third kappa shape index (κ3) is 5.27. The van der Waals surface area contributed by atoms with Gasteiger partial charge in [0.05, 0.1) is 11.8 Å². The molecule has 1 amide bonds. The number of hydrogen-bond acceptors (Lipinski definition) is 2. The van der Waals surface area contributed by atoms with Crippen molar-refractivity contribution in [2.75, 3.05) is 5.75 Å². The highest BCUT2D eigenvalue weighted by Crippen LogP contribution is 2.15. The highest BCUT2D eigenvalue weighted by atomic mass is 32.2. The molecule has 0 spiro atoms. The fraction of sp³-hybridized carbons (Fsp3) is 0.278. The van der Waals surface area contributed by atoms with Gasteiger partial charge in [0.15, 0.2) is 0 Å². The van der Waals surface area contributed by atoms with Crippen molar-refractivity contribution in [3.63, 3.8) is 0 Å². The molecule has 110 valence electrons. The normalized spacial score (nSPS) is 11.9. The van der Waals surface area contributed by atoms with Gasteiger partial charge in [0.1, 0.15) is 0 Å². The monoisotopic (exact) mass is 299 g/mol. The van der Waals surface area contributed by atoms with Gasteiger partial charge in [0, 0.05) is 5.75 Å². The number of aryl methyl sites for hydroxylation is 1. The van der Waals surface area contributed by atoms with E-state index in [1.165, 1.54) is 11.1 Å². The number of nitrogens with one attached hydrogen (secondary N) is 1. The number of thioether (sulfide) groups is 1. The van der Waals surface area contributed by atoms with Crippen LogP contribution in [0.4, 0.5) is 0 Å². The van der Waals surface area contributed by atoms with Crippen molar-refractivity contribution in [2.45, 2.75) is 25.6 Å². The van der Waals surface area contributed by atoms with Crippen LogP contribution in [0.2, 0.25) is 0 Å². The summed E-state index contributed by atoms with van der Waals surface area (Å²) in [6, 6.07) is 18.5. The minimum Gasteiger partial charge on any atom is -0.349 e. The Bertz CT molecular complexity index is 566. The lowest BCUT2D eigenvalue weighted by molar-refractivity contribution is -0.119. The van der Waals surface area contributed by atoms with Crippen molar-refractivity contribution in [1.82, 2.24) is 5.32 Å². The first kappa shape index (κ1) is 15.6. The minimum absolute atomic E-state index is 0.0513. The lowest BCUT2D eigenvalue weighted by atomic mass is 10.1. The Morgan fingerprint density at radius 1 is 1.10 bits per heavy atom. The zero-order chi connectivity index (χ0) is 15.1. The first-order valence-corrected chi connectivity index (χ1v) is 8.28. The summed E-state index contributed by atoms with van der Waals surface area (Å²) in [5, 5.41) is 3.04. The predicted octanol–water partition coefficient (Wildman–Crippen LogP) is 4.11. The highest BCUT2D eigenvalue weighted by molar-refractivity contribution is 7.99. The lowest BCUT2D eigenvalue weighted by Crippen LogP contribution is -2.28. The van der Waals surface area contributed by atoms with E-state index in [9.17, 15) is 4.79 Å². The molecule has 0 aliphatic rings. The van der Waals surface area contributed by atoms with Gasteiger partial charge < -0.3 is 5.32 Å². The zero-order valence-electron chi connectivity index (χ0n) is 12.5. The first-order valence-electron chi connectivity index (χ1n) is 7.13. The van der Waals surface area contributed by atoms with E-state index in [1.54, 1.807) is 11.8 Å². The maximum Gasteiger partial charge on any atom is 0.230 e. The van der Waals surface area contributed by atoms with E-state index in [0.29, 0.717) is 5.75 Å². The summed E-state index contributed by atoms with van der Waals surface area (Å²) < 4.78 is 0. The number of rotatable bonds is 6. The van der Waals surface area contributed by atoms with Crippen molar-refractivity contribution < 1.29 is 4.79 Å². The summed E-state index contributed by atoms with van der Waals surface area (Å²) in [5.41, 5.74) is 3.62. The van der Waals surface area contributed by atoms with Gasteiger partial charge >= 0.3 is 0 Å². The summed E-state index contributed by atoms with van der Waals surface area (Å²) in [6.45, 7) is 4.08. The molecule has 1 atom stereocenters. The van der Waals surface area contributed by atoms with Crippen LogP contribution in [0.15, 0.2) is 54.6 Å². The van der Waals surface area contributed by atoms with Crippen molar-refractivity contribution in [3.8, 4) is 0 Å². The number of amides is 1. The highest BCUT2D eigenvalue weighted by Gasteiger charge is 2.09. The Balaban J connectivity index is 1.75. The maximum atomic E-state index is 12.0. The fourth-order valence-corrected chi connectivity index (χ4v) is 2.86. The van der Waals surface area contributed by atoms with Gasteiger partial charge in [-0.05, 0) is 25.0 Å². The van der Waals surface area contributed by atoms with Crippen molar-refractivity contribution in [2.24, 2.45) is 0 Å². The Kier molecular flexibility index (Phi) is 5.88. The summed E-state index contributed by atoms with van der Waals surface area (Å²) in [5.74, 6) is 1.45. The number of hydrogen-bond donors (Lipinski definition) is 1. The Hall–Kier alpha value is -1.74. The van der Waals surface area contributed by atoms with Crippen LogP contribution in [0.1, 0.15) is 29.7 Å². The Labute approximate surface area is 131 Å². The SMILES string of the molecule is Cc1ccc([C@H](C)NC(=O)CSCc2ccccc2)cc1. The van der Waals surface area contributed by atoms with Crippen LogP contribution in [0.5, 0.6) is 0 Å². The molecule has 0 aliphatic heterocycles. The second kappa shape index (κ2) is 7.89. The molecular formula is C18H21NOS. The Morgan fingerprint density at radius 3 is 2.43 bits per heavy atom. The molecule has 0 fully saturated rings. The topological polar surface area (TPSA) is 29.1 Å². The molecule has 1 N–H and O–H groups in total. The molecule has 2 aromatic rings. The second-order valence-corrected chi connectivity index (χ2v) is 6.16. The van der Waals surface area contributed by atoms with Crippen LogP contribution in [0.3, 0.4) is 0 Å².